The van der Waals surface area contributed by atoms with E-state index in [1.54, 1.807) is 18.5 Å². The number of hydrogen-bond acceptors (Lipinski definition) is 3. The highest BCUT2D eigenvalue weighted by molar-refractivity contribution is 5.74. The molecule has 0 bridgehead atoms. The van der Waals surface area contributed by atoms with Gasteiger partial charge < -0.3 is 11.5 Å². The van der Waals surface area contributed by atoms with E-state index in [-0.39, 0.29) is 12.5 Å². The number of nitrogens with two attached hydrogens (primary N) is 2. The van der Waals surface area contributed by atoms with Crippen LogP contribution in [0.5, 0.6) is 0 Å². The number of carbonyl (C=O) groups excluding carboxylic acids is 1. The Morgan fingerprint density at radius 2 is 2.42 bits per heavy atom. The Bertz CT molecular complexity index is 260. The van der Waals surface area contributed by atoms with Crippen molar-refractivity contribution >= 4 is 5.91 Å². The minimum Gasteiger partial charge on any atom is -0.370 e. The quantitative estimate of drug-likeness (QED) is 0.659. The molecule has 0 fully saturated rings. The fourth-order valence-electron chi connectivity index (χ4n) is 0.930. The van der Waals surface area contributed by atoms with Gasteiger partial charge in [-0.05, 0) is 11.6 Å². The zero-order valence-corrected chi connectivity index (χ0v) is 6.60. The average molecular weight is 165 g/mol. The smallest absolute Gasteiger partial charge is 0.219 e. The second kappa shape index (κ2) is 3.82. The zero-order chi connectivity index (χ0) is 8.97. The molecule has 1 aromatic heterocycles. The van der Waals surface area contributed by atoms with Gasteiger partial charge >= 0.3 is 0 Å². The van der Waals surface area contributed by atoms with Gasteiger partial charge in [0, 0.05) is 24.9 Å². The molecule has 1 heterocycles. The second-order valence-electron chi connectivity index (χ2n) is 2.56. The summed E-state index contributed by atoms with van der Waals surface area (Å²) in [5.74, 6) is -0.397. The van der Waals surface area contributed by atoms with E-state index < -0.39 is 5.91 Å². The number of hydrogen-bond donors (Lipinski definition) is 2. The van der Waals surface area contributed by atoms with Crippen molar-refractivity contribution < 1.29 is 4.79 Å². The zero-order valence-electron chi connectivity index (χ0n) is 6.60. The lowest BCUT2D eigenvalue weighted by Crippen LogP contribution is -2.20. The van der Waals surface area contributed by atoms with Gasteiger partial charge in [0.1, 0.15) is 0 Å². The van der Waals surface area contributed by atoms with Gasteiger partial charge in [-0.2, -0.15) is 0 Å². The van der Waals surface area contributed by atoms with Crippen LogP contribution >= 0.6 is 0 Å². The van der Waals surface area contributed by atoms with E-state index in [0.29, 0.717) is 0 Å². The lowest BCUT2D eigenvalue weighted by atomic mass is 10.1. The molecule has 1 amide bonds. The standard InChI is InChI=1S/C8H11N3O/c9-7(4-8(10)12)6-2-1-3-11-5-6/h1-3,5,7H,4,9H2,(H2,10,12). The first kappa shape index (κ1) is 8.67. The molecule has 12 heavy (non-hydrogen) atoms. The summed E-state index contributed by atoms with van der Waals surface area (Å²) in [5, 5.41) is 0. The summed E-state index contributed by atoms with van der Waals surface area (Å²) >= 11 is 0. The Hall–Kier alpha value is -1.42. The fraction of sp³-hybridized carbons (Fsp3) is 0.250. The molecule has 0 saturated heterocycles. The second-order valence-corrected chi connectivity index (χ2v) is 2.56. The molecule has 0 radical (unpaired) electrons. The number of amides is 1. The van der Waals surface area contributed by atoms with Crippen LogP contribution in [0.4, 0.5) is 0 Å². The lowest BCUT2D eigenvalue weighted by molar-refractivity contribution is -0.118. The van der Waals surface area contributed by atoms with E-state index >= 15 is 0 Å². The predicted octanol–water partition coefficient (Wildman–Crippen LogP) is -0.0432. The molecule has 0 aliphatic rings. The number of pyridine rings is 1. The molecule has 0 spiro atoms. The molecule has 1 unspecified atom stereocenters. The van der Waals surface area contributed by atoms with E-state index in [1.165, 1.54) is 0 Å². The summed E-state index contributed by atoms with van der Waals surface area (Å²) in [6.45, 7) is 0. The van der Waals surface area contributed by atoms with Gasteiger partial charge in [-0.1, -0.05) is 6.07 Å². The first-order valence-electron chi connectivity index (χ1n) is 3.64. The van der Waals surface area contributed by atoms with Crippen LogP contribution in [-0.2, 0) is 4.79 Å². The molecule has 4 nitrogen and oxygen atoms in total. The maximum atomic E-state index is 10.5. The molecule has 1 aromatic rings. The van der Waals surface area contributed by atoms with Crippen molar-refractivity contribution in [3.05, 3.63) is 30.1 Å². The van der Waals surface area contributed by atoms with Gasteiger partial charge in [0.15, 0.2) is 0 Å². The third kappa shape index (κ3) is 2.32. The molecule has 1 atom stereocenters. The van der Waals surface area contributed by atoms with Gasteiger partial charge in [0.2, 0.25) is 5.91 Å². The van der Waals surface area contributed by atoms with Gasteiger partial charge in [-0.15, -0.1) is 0 Å². The number of nitrogens with zero attached hydrogens (tertiary/aromatic N) is 1. The number of rotatable bonds is 3. The van der Waals surface area contributed by atoms with Crippen LogP contribution in [0.1, 0.15) is 18.0 Å². The Labute approximate surface area is 70.6 Å². The van der Waals surface area contributed by atoms with Crippen LogP contribution in [0.15, 0.2) is 24.5 Å². The van der Waals surface area contributed by atoms with Crippen molar-refractivity contribution in [2.45, 2.75) is 12.5 Å². The van der Waals surface area contributed by atoms with Gasteiger partial charge in [-0.3, -0.25) is 9.78 Å². The summed E-state index contributed by atoms with van der Waals surface area (Å²) < 4.78 is 0. The lowest BCUT2D eigenvalue weighted by Gasteiger charge is -2.07. The van der Waals surface area contributed by atoms with Crippen LogP contribution in [0.2, 0.25) is 0 Å². The summed E-state index contributed by atoms with van der Waals surface area (Å²) in [6, 6.07) is 3.26. The van der Waals surface area contributed by atoms with Crippen molar-refractivity contribution in [2.75, 3.05) is 0 Å². The summed E-state index contributed by atoms with van der Waals surface area (Å²) in [7, 11) is 0. The Morgan fingerprint density at radius 3 is 2.92 bits per heavy atom. The number of carbonyl (C=O) groups is 1. The number of primary amides is 1. The maximum Gasteiger partial charge on any atom is 0.219 e. The highest BCUT2D eigenvalue weighted by Crippen LogP contribution is 2.10. The average Bonchev–Trinajstić information content (AvgIpc) is 2.05. The first-order chi connectivity index (χ1) is 5.70. The monoisotopic (exact) mass is 165 g/mol. The van der Waals surface area contributed by atoms with E-state index in [1.807, 2.05) is 6.07 Å². The van der Waals surface area contributed by atoms with Gasteiger partial charge in [0.25, 0.3) is 0 Å². The van der Waals surface area contributed by atoms with Crippen molar-refractivity contribution in [1.82, 2.24) is 4.98 Å². The molecular formula is C8H11N3O. The molecule has 0 saturated carbocycles. The van der Waals surface area contributed by atoms with E-state index in [4.69, 9.17) is 11.5 Å². The molecule has 4 N–H and O–H groups in total. The summed E-state index contributed by atoms with van der Waals surface area (Å²) in [4.78, 5) is 14.4. The molecule has 0 aliphatic heterocycles. The van der Waals surface area contributed by atoms with Gasteiger partial charge in [0.05, 0.1) is 0 Å². The van der Waals surface area contributed by atoms with Gasteiger partial charge in [-0.25, -0.2) is 0 Å². The van der Waals surface area contributed by atoms with Crippen LogP contribution in [0, 0.1) is 0 Å². The maximum absolute atomic E-state index is 10.5. The minimum absolute atomic E-state index is 0.158. The molecule has 0 aliphatic carbocycles. The van der Waals surface area contributed by atoms with Crippen molar-refractivity contribution in [3.8, 4) is 0 Å². The van der Waals surface area contributed by atoms with Crippen molar-refractivity contribution in [3.63, 3.8) is 0 Å². The SMILES string of the molecule is NC(=O)CC(N)c1cccnc1. The van der Waals surface area contributed by atoms with Crippen LogP contribution < -0.4 is 11.5 Å². The Morgan fingerprint density at radius 1 is 1.67 bits per heavy atom. The van der Waals surface area contributed by atoms with E-state index in [2.05, 4.69) is 4.98 Å². The minimum atomic E-state index is -0.397. The highest BCUT2D eigenvalue weighted by atomic mass is 16.1. The molecule has 4 heteroatoms. The third-order valence-corrected chi connectivity index (χ3v) is 1.53. The first-order valence-corrected chi connectivity index (χ1v) is 3.64. The predicted molar refractivity (Wildman–Crippen MR) is 45.0 cm³/mol. The van der Waals surface area contributed by atoms with Crippen molar-refractivity contribution in [1.29, 1.82) is 0 Å². The largest absolute Gasteiger partial charge is 0.370 e. The third-order valence-electron chi connectivity index (χ3n) is 1.53. The van der Waals surface area contributed by atoms with E-state index in [9.17, 15) is 4.79 Å². The fourth-order valence-corrected chi connectivity index (χ4v) is 0.930. The normalized spacial score (nSPS) is 12.4. The molecule has 64 valence electrons. The topological polar surface area (TPSA) is 82.0 Å². The molecule has 0 aromatic carbocycles. The highest BCUT2D eigenvalue weighted by Gasteiger charge is 2.07. The van der Waals surface area contributed by atoms with Crippen LogP contribution in [-0.4, -0.2) is 10.9 Å². The van der Waals surface area contributed by atoms with Crippen LogP contribution in [0.25, 0.3) is 0 Å². The molecular weight excluding hydrogens is 154 g/mol. The summed E-state index contributed by atoms with van der Waals surface area (Å²) in [5.41, 5.74) is 11.5. The number of aromatic nitrogens is 1. The van der Waals surface area contributed by atoms with Crippen molar-refractivity contribution in [2.24, 2.45) is 11.5 Å². The van der Waals surface area contributed by atoms with Crippen LogP contribution in [0.3, 0.4) is 0 Å². The molecule has 1 rings (SSSR count). The Balaban J connectivity index is 2.65. The Kier molecular flexibility index (Phi) is 2.76. The van der Waals surface area contributed by atoms with E-state index in [0.717, 1.165) is 5.56 Å². The summed E-state index contributed by atoms with van der Waals surface area (Å²) in [6.07, 6.45) is 3.44.